The van der Waals surface area contributed by atoms with Crippen LogP contribution in [-0.2, 0) is 14.3 Å². The van der Waals surface area contributed by atoms with Crippen molar-refractivity contribution >= 4 is 23.3 Å². The van der Waals surface area contributed by atoms with E-state index in [4.69, 9.17) is 4.74 Å². The maximum absolute atomic E-state index is 13.4. The van der Waals surface area contributed by atoms with Gasteiger partial charge < -0.3 is 9.64 Å². The Morgan fingerprint density at radius 2 is 1.87 bits per heavy atom. The predicted octanol–water partition coefficient (Wildman–Crippen LogP) is 1.88. The number of carbonyl (C=O) groups is 2. The number of carbonyl (C=O) groups excluding carboxylic acids is 2. The minimum atomic E-state index is -0.574. The van der Waals surface area contributed by atoms with E-state index in [9.17, 15) is 14.9 Å². The van der Waals surface area contributed by atoms with Crippen molar-refractivity contribution < 1.29 is 14.3 Å². The van der Waals surface area contributed by atoms with Crippen LogP contribution in [0.3, 0.4) is 0 Å². The Morgan fingerprint density at radius 3 is 2.43 bits per heavy atom. The number of rotatable bonds is 6. The maximum atomic E-state index is 13.4. The molecule has 1 aromatic carbocycles. The average Bonchev–Trinajstić information content (AvgIpc) is 3.20. The van der Waals surface area contributed by atoms with Gasteiger partial charge >= 0.3 is 5.97 Å². The van der Waals surface area contributed by atoms with Gasteiger partial charge in [0.15, 0.2) is 0 Å². The van der Waals surface area contributed by atoms with Crippen molar-refractivity contribution in [1.82, 2.24) is 9.80 Å². The summed E-state index contributed by atoms with van der Waals surface area (Å²) in [5, 5.41) is 15.5. The van der Waals surface area contributed by atoms with Gasteiger partial charge in [0, 0.05) is 32.6 Å². The summed E-state index contributed by atoms with van der Waals surface area (Å²) in [6.07, 6.45) is 0.222. The molecule has 2 aliphatic heterocycles. The average molecular weight is 412 g/mol. The zero-order valence-electron chi connectivity index (χ0n) is 17.8. The second-order valence-corrected chi connectivity index (χ2v) is 7.85. The highest BCUT2D eigenvalue weighted by Gasteiger charge is 2.40. The number of esters is 1. The standard InChI is InChI=1S/C22H29N5O3/c1-4-30-22(29)18-14-19(27(24-18)17-8-6-5-7-9-17)21(28)26-12-10-25(11-13-26)20(15-23)16(2)3/h5-9,16,19-20H,4,10-14H2,1-3H3. The molecule has 160 valence electrons. The minimum absolute atomic E-state index is 0.0559. The lowest BCUT2D eigenvalue weighted by Crippen LogP contribution is -2.56. The fraction of sp³-hybridized carbons (Fsp3) is 0.545. The number of hydrogen-bond acceptors (Lipinski definition) is 7. The first-order valence-electron chi connectivity index (χ1n) is 10.5. The lowest BCUT2D eigenvalue weighted by atomic mass is 10.0. The maximum Gasteiger partial charge on any atom is 0.354 e. The van der Waals surface area contributed by atoms with Gasteiger partial charge in [-0.1, -0.05) is 32.0 Å². The van der Waals surface area contributed by atoms with Crippen LogP contribution in [0.5, 0.6) is 0 Å². The Hall–Kier alpha value is -2.92. The number of amides is 1. The van der Waals surface area contributed by atoms with E-state index < -0.39 is 12.0 Å². The SMILES string of the molecule is CCOC(=O)C1=NN(c2ccccc2)C(C(=O)N2CCN(C(C#N)C(C)C)CC2)C1. The molecule has 2 atom stereocenters. The van der Waals surface area contributed by atoms with E-state index in [1.165, 1.54) is 0 Å². The number of hydrogen-bond donors (Lipinski definition) is 0. The fourth-order valence-corrected chi connectivity index (χ4v) is 3.94. The van der Waals surface area contributed by atoms with Crippen LogP contribution in [-0.4, -0.2) is 72.3 Å². The van der Waals surface area contributed by atoms with Gasteiger partial charge in [0.1, 0.15) is 17.8 Å². The van der Waals surface area contributed by atoms with Gasteiger partial charge in [-0.05, 0) is 25.0 Å². The fourth-order valence-electron chi connectivity index (χ4n) is 3.94. The summed E-state index contributed by atoms with van der Waals surface area (Å²) < 4.78 is 5.10. The first-order chi connectivity index (χ1) is 14.5. The summed E-state index contributed by atoms with van der Waals surface area (Å²) in [6.45, 7) is 8.51. The van der Waals surface area contributed by atoms with Gasteiger partial charge in [0.25, 0.3) is 0 Å². The molecule has 1 saturated heterocycles. The molecular formula is C22H29N5O3. The zero-order chi connectivity index (χ0) is 21.7. The Kier molecular flexibility index (Phi) is 7.06. The summed E-state index contributed by atoms with van der Waals surface area (Å²) >= 11 is 0. The summed E-state index contributed by atoms with van der Waals surface area (Å²) in [5.41, 5.74) is 1.03. The first-order valence-corrected chi connectivity index (χ1v) is 10.5. The molecule has 0 N–H and O–H groups in total. The number of hydrazone groups is 1. The predicted molar refractivity (Wildman–Crippen MR) is 114 cm³/mol. The van der Waals surface area contributed by atoms with Crippen molar-refractivity contribution in [3.8, 4) is 6.07 Å². The second kappa shape index (κ2) is 9.72. The van der Waals surface area contributed by atoms with E-state index in [-0.39, 0.29) is 36.6 Å². The molecule has 2 unspecified atom stereocenters. The van der Waals surface area contributed by atoms with Gasteiger partial charge in [-0.3, -0.25) is 14.7 Å². The molecular weight excluding hydrogens is 382 g/mol. The van der Waals surface area contributed by atoms with Crippen molar-refractivity contribution in [3.05, 3.63) is 30.3 Å². The molecule has 0 aliphatic carbocycles. The lowest BCUT2D eigenvalue weighted by molar-refractivity contribution is -0.135. The molecule has 3 rings (SSSR count). The van der Waals surface area contributed by atoms with Gasteiger partial charge in [-0.15, -0.1) is 0 Å². The van der Waals surface area contributed by atoms with E-state index in [1.54, 1.807) is 11.9 Å². The molecule has 30 heavy (non-hydrogen) atoms. The molecule has 8 heteroatoms. The van der Waals surface area contributed by atoms with Crippen LogP contribution in [0, 0.1) is 17.2 Å². The monoisotopic (exact) mass is 411 g/mol. The van der Waals surface area contributed by atoms with E-state index >= 15 is 0 Å². The molecule has 0 saturated carbocycles. The van der Waals surface area contributed by atoms with E-state index in [1.807, 2.05) is 49.1 Å². The summed E-state index contributed by atoms with van der Waals surface area (Å²) in [5.74, 6) is -0.298. The first kappa shape index (κ1) is 21.8. The summed E-state index contributed by atoms with van der Waals surface area (Å²) in [4.78, 5) is 29.6. The molecule has 2 aliphatic rings. The molecule has 0 aromatic heterocycles. The third-order valence-corrected chi connectivity index (χ3v) is 5.51. The van der Waals surface area contributed by atoms with Crippen molar-refractivity contribution in [2.24, 2.45) is 11.0 Å². The van der Waals surface area contributed by atoms with Gasteiger partial charge in [0.2, 0.25) is 5.91 Å². The number of para-hydroxylation sites is 1. The lowest BCUT2D eigenvalue weighted by Gasteiger charge is -2.39. The molecule has 1 aromatic rings. The number of nitriles is 1. The number of piperazine rings is 1. The van der Waals surface area contributed by atoms with Crippen molar-refractivity contribution in [2.75, 3.05) is 37.8 Å². The Balaban J connectivity index is 1.73. The molecule has 0 spiro atoms. The van der Waals surface area contributed by atoms with Gasteiger partial charge in [-0.2, -0.15) is 10.4 Å². The molecule has 1 fully saturated rings. The highest BCUT2D eigenvalue weighted by Crippen LogP contribution is 2.27. The number of anilines is 1. The normalized spacial score (nSPS) is 20.6. The quantitative estimate of drug-likeness (QED) is 0.664. The zero-order valence-corrected chi connectivity index (χ0v) is 17.8. The Labute approximate surface area is 177 Å². The number of nitrogens with zero attached hydrogens (tertiary/aromatic N) is 5. The van der Waals surface area contributed by atoms with Crippen LogP contribution >= 0.6 is 0 Å². The smallest absolute Gasteiger partial charge is 0.354 e. The third kappa shape index (κ3) is 4.62. The topological polar surface area (TPSA) is 89.2 Å². The van der Waals surface area contributed by atoms with Crippen LogP contribution in [0.25, 0.3) is 0 Å². The highest BCUT2D eigenvalue weighted by molar-refractivity contribution is 6.38. The van der Waals surface area contributed by atoms with Gasteiger partial charge in [0.05, 0.1) is 18.4 Å². The molecule has 1 amide bonds. The highest BCUT2D eigenvalue weighted by atomic mass is 16.5. The van der Waals surface area contributed by atoms with E-state index in [0.29, 0.717) is 26.2 Å². The molecule has 0 bridgehead atoms. The Bertz CT molecular complexity index is 825. The van der Waals surface area contributed by atoms with E-state index in [0.717, 1.165) is 5.69 Å². The van der Waals surface area contributed by atoms with Crippen LogP contribution in [0.1, 0.15) is 27.2 Å². The summed E-state index contributed by atoms with van der Waals surface area (Å²) in [7, 11) is 0. The molecule has 0 radical (unpaired) electrons. The van der Waals surface area contributed by atoms with Crippen LogP contribution < -0.4 is 5.01 Å². The number of benzene rings is 1. The van der Waals surface area contributed by atoms with Crippen LogP contribution in [0.2, 0.25) is 0 Å². The molecule has 8 nitrogen and oxygen atoms in total. The van der Waals surface area contributed by atoms with Crippen molar-refractivity contribution in [3.63, 3.8) is 0 Å². The van der Waals surface area contributed by atoms with Crippen LogP contribution in [0.15, 0.2) is 35.4 Å². The van der Waals surface area contributed by atoms with Crippen molar-refractivity contribution in [2.45, 2.75) is 39.3 Å². The second-order valence-electron chi connectivity index (χ2n) is 7.85. The van der Waals surface area contributed by atoms with Crippen molar-refractivity contribution in [1.29, 1.82) is 5.26 Å². The van der Waals surface area contributed by atoms with Gasteiger partial charge in [-0.25, -0.2) is 4.79 Å². The largest absolute Gasteiger partial charge is 0.461 e. The number of ether oxygens (including phenoxy) is 1. The Morgan fingerprint density at radius 1 is 1.20 bits per heavy atom. The molecule has 2 heterocycles. The third-order valence-electron chi connectivity index (χ3n) is 5.51. The van der Waals surface area contributed by atoms with Crippen LogP contribution in [0.4, 0.5) is 5.69 Å². The minimum Gasteiger partial charge on any atom is -0.461 e. The van der Waals surface area contributed by atoms with E-state index in [2.05, 4.69) is 16.1 Å². The summed E-state index contributed by atoms with van der Waals surface area (Å²) in [6, 6.07) is 11.0.